The first kappa shape index (κ1) is 20.3. The molecule has 1 saturated heterocycles. The van der Waals surface area contributed by atoms with E-state index in [4.69, 9.17) is 10.2 Å². The molecular formula is C23H30ClN3O2. The minimum Gasteiger partial charge on any atom is -0.469 e. The van der Waals surface area contributed by atoms with Crippen molar-refractivity contribution in [3.63, 3.8) is 0 Å². The summed E-state index contributed by atoms with van der Waals surface area (Å²) >= 11 is 0. The highest BCUT2D eigenvalue weighted by atomic mass is 35.5. The number of carbonyl (C=O) groups excluding carboxylic acids is 1. The first-order chi connectivity index (χ1) is 13.6. The maximum atomic E-state index is 13.5. The molecule has 1 aromatic heterocycles. The van der Waals surface area contributed by atoms with Crippen LogP contribution in [-0.4, -0.2) is 23.4 Å². The minimum atomic E-state index is -0.0244. The first-order valence-corrected chi connectivity index (χ1v) is 10.6. The summed E-state index contributed by atoms with van der Waals surface area (Å²) in [7, 11) is 0. The van der Waals surface area contributed by atoms with Gasteiger partial charge in [0.25, 0.3) is 0 Å². The van der Waals surface area contributed by atoms with E-state index in [1.807, 2.05) is 6.92 Å². The Morgan fingerprint density at radius 2 is 1.93 bits per heavy atom. The van der Waals surface area contributed by atoms with Crippen LogP contribution in [0.5, 0.6) is 0 Å². The average molecular weight is 416 g/mol. The van der Waals surface area contributed by atoms with Crippen LogP contribution < -0.4 is 11.1 Å². The van der Waals surface area contributed by atoms with Crippen molar-refractivity contribution in [3.8, 4) is 0 Å². The van der Waals surface area contributed by atoms with E-state index in [1.54, 1.807) is 6.26 Å². The van der Waals surface area contributed by atoms with Crippen molar-refractivity contribution in [2.45, 2.75) is 57.2 Å². The van der Waals surface area contributed by atoms with Gasteiger partial charge in [0.05, 0.1) is 24.3 Å². The third-order valence-electron chi connectivity index (χ3n) is 7.12. The highest BCUT2D eigenvalue weighted by molar-refractivity contribution is 5.85. The number of halogens is 1. The van der Waals surface area contributed by atoms with Crippen LogP contribution in [0.2, 0.25) is 0 Å². The lowest BCUT2D eigenvalue weighted by molar-refractivity contribution is -0.138. The van der Waals surface area contributed by atoms with Gasteiger partial charge in [0.15, 0.2) is 0 Å². The number of furan rings is 1. The van der Waals surface area contributed by atoms with Gasteiger partial charge in [-0.15, -0.1) is 12.4 Å². The zero-order valence-corrected chi connectivity index (χ0v) is 17.7. The molecule has 0 spiro atoms. The fourth-order valence-electron chi connectivity index (χ4n) is 5.68. The number of nitrogens with two attached hydrogens (primary N) is 1. The second-order valence-electron chi connectivity index (χ2n) is 8.63. The number of carbonyl (C=O) groups is 1. The number of benzene rings is 1. The molecule has 1 aromatic carbocycles. The third kappa shape index (κ3) is 3.34. The molecule has 156 valence electrons. The second kappa shape index (κ2) is 8.04. The zero-order valence-electron chi connectivity index (χ0n) is 16.8. The van der Waals surface area contributed by atoms with Crippen LogP contribution in [0.4, 0.5) is 5.69 Å². The maximum Gasteiger partial charge on any atom is 0.227 e. The molecule has 0 unspecified atom stereocenters. The SMILES string of the molecule is Cc1occc1[C@@H]1Nc2ccccc2[C@H]2[C@@H]1CCN2C(=O)[C@H]1CCCC[C@H]1N.Cl. The number of aryl methyl sites for hydroxylation is 1. The molecule has 1 saturated carbocycles. The van der Waals surface area contributed by atoms with Crippen LogP contribution >= 0.6 is 12.4 Å². The number of nitrogens with zero attached hydrogens (tertiary/aromatic N) is 1. The summed E-state index contributed by atoms with van der Waals surface area (Å²) in [6, 6.07) is 10.8. The van der Waals surface area contributed by atoms with Gasteiger partial charge in [0.1, 0.15) is 5.76 Å². The van der Waals surface area contributed by atoms with Gasteiger partial charge in [0.2, 0.25) is 5.91 Å². The molecule has 5 rings (SSSR count). The topological polar surface area (TPSA) is 71.5 Å². The number of amides is 1. The zero-order chi connectivity index (χ0) is 19.3. The number of likely N-dealkylation sites (tertiary alicyclic amines) is 1. The summed E-state index contributed by atoms with van der Waals surface area (Å²) in [5, 5.41) is 3.74. The fraction of sp³-hybridized carbons (Fsp3) is 0.522. The van der Waals surface area contributed by atoms with E-state index in [0.717, 1.165) is 50.1 Å². The van der Waals surface area contributed by atoms with Crippen molar-refractivity contribution < 1.29 is 9.21 Å². The summed E-state index contributed by atoms with van der Waals surface area (Å²) in [5.41, 5.74) is 9.93. The summed E-state index contributed by atoms with van der Waals surface area (Å²) in [4.78, 5) is 15.7. The van der Waals surface area contributed by atoms with Crippen LogP contribution in [0.1, 0.15) is 61.1 Å². The number of fused-ring (bicyclic) bond motifs is 3. The van der Waals surface area contributed by atoms with Gasteiger partial charge in [0, 0.05) is 29.8 Å². The second-order valence-corrected chi connectivity index (χ2v) is 8.63. The lowest BCUT2D eigenvalue weighted by Gasteiger charge is -2.41. The van der Waals surface area contributed by atoms with Gasteiger partial charge in [-0.3, -0.25) is 4.79 Å². The highest BCUT2D eigenvalue weighted by Gasteiger charge is 2.48. The standard InChI is InChI=1S/C23H29N3O2.ClH/c1-14-15(11-13-28-14)21-18-10-12-26(23(27)16-6-2-4-8-19(16)24)22(18)17-7-3-5-9-20(17)25-21;/h3,5,7,9,11,13,16,18-19,21-22,25H,2,4,6,8,10,12,24H2,1H3;1H/t16-,18+,19+,21-,22-;/m0./s1. The Hall–Kier alpha value is -1.98. The van der Waals surface area contributed by atoms with Gasteiger partial charge in [-0.25, -0.2) is 0 Å². The first-order valence-electron chi connectivity index (χ1n) is 10.6. The van der Waals surface area contributed by atoms with E-state index in [1.165, 1.54) is 11.1 Å². The Morgan fingerprint density at radius 3 is 2.69 bits per heavy atom. The van der Waals surface area contributed by atoms with Gasteiger partial charge >= 0.3 is 0 Å². The number of hydrogen-bond donors (Lipinski definition) is 2. The van der Waals surface area contributed by atoms with Crippen LogP contribution in [-0.2, 0) is 4.79 Å². The molecule has 1 amide bonds. The summed E-state index contributed by atoms with van der Waals surface area (Å²) in [5.74, 6) is 1.53. The molecule has 0 bridgehead atoms. The summed E-state index contributed by atoms with van der Waals surface area (Å²) < 4.78 is 5.60. The molecule has 1 aliphatic carbocycles. The van der Waals surface area contributed by atoms with Crippen LogP contribution in [0.25, 0.3) is 0 Å². The predicted molar refractivity (Wildman–Crippen MR) is 116 cm³/mol. The molecule has 5 nitrogen and oxygen atoms in total. The van der Waals surface area contributed by atoms with E-state index in [9.17, 15) is 4.79 Å². The molecule has 2 fully saturated rings. The number of rotatable bonds is 2. The Kier molecular flexibility index (Phi) is 5.63. The molecular weight excluding hydrogens is 386 g/mol. The molecule has 5 atom stereocenters. The van der Waals surface area contributed by atoms with Crippen molar-refractivity contribution in [1.82, 2.24) is 4.90 Å². The number of anilines is 1. The minimum absolute atomic E-state index is 0. The molecule has 2 aliphatic heterocycles. The van der Waals surface area contributed by atoms with Crippen molar-refractivity contribution in [3.05, 3.63) is 53.5 Å². The fourth-order valence-corrected chi connectivity index (χ4v) is 5.68. The van der Waals surface area contributed by atoms with Crippen LogP contribution in [0, 0.1) is 18.8 Å². The maximum absolute atomic E-state index is 13.5. The van der Waals surface area contributed by atoms with Crippen LogP contribution in [0.3, 0.4) is 0 Å². The van der Waals surface area contributed by atoms with Gasteiger partial charge in [-0.1, -0.05) is 31.0 Å². The van der Waals surface area contributed by atoms with Crippen LogP contribution in [0.15, 0.2) is 41.0 Å². The molecule has 29 heavy (non-hydrogen) atoms. The van der Waals surface area contributed by atoms with Crippen molar-refractivity contribution >= 4 is 24.0 Å². The largest absolute Gasteiger partial charge is 0.469 e. The Balaban J connectivity index is 0.00000205. The number of hydrogen-bond acceptors (Lipinski definition) is 4. The van der Waals surface area contributed by atoms with Crippen molar-refractivity contribution in [1.29, 1.82) is 0 Å². The lowest BCUT2D eigenvalue weighted by atomic mass is 9.79. The Labute approximate surface area is 178 Å². The van der Waals surface area contributed by atoms with E-state index in [2.05, 4.69) is 40.5 Å². The van der Waals surface area contributed by atoms with Gasteiger partial charge < -0.3 is 20.4 Å². The third-order valence-corrected chi connectivity index (χ3v) is 7.12. The van der Waals surface area contributed by atoms with E-state index >= 15 is 0 Å². The van der Waals surface area contributed by atoms with E-state index in [0.29, 0.717) is 5.92 Å². The Morgan fingerprint density at radius 1 is 1.14 bits per heavy atom. The highest BCUT2D eigenvalue weighted by Crippen LogP contribution is 2.52. The monoisotopic (exact) mass is 415 g/mol. The molecule has 2 aromatic rings. The van der Waals surface area contributed by atoms with Crippen molar-refractivity contribution in [2.75, 3.05) is 11.9 Å². The summed E-state index contributed by atoms with van der Waals surface area (Å²) in [6.07, 6.45) is 6.91. The average Bonchev–Trinajstić information content (AvgIpc) is 3.34. The number of nitrogens with one attached hydrogen (secondary N) is 1. The molecule has 3 N–H and O–H groups in total. The normalized spacial score (nSPS) is 30.7. The van der Waals surface area contributed by atoms with E-state index < -0.39 is 0 Å². The molecule has 3 aliphatic rings. The molecule has 0 radical (unpaired) electrons. The van der Waals surface area contributed by atoms with Crippen molar-refractivity contribution in [2.24, 2.45) is 17.6 Å². The predicted octanol–water partition coefficient (Wildman–Crippen LogP) is 4.58. The Bertz CT molecular complexity index is 883. The molecule has 6 heteroatoms. The lowest BCUT2D eigenvalue weighted by Crippen LogP contribution is -2.46. The quantitative estimate of drug-likeness (QED) is 0.752. The van der Waals surface area contributed by atoms with Gasteiger partial charge in [-0.05, 0) is 43.9 Å². The summed E-state index contributed by atoms with van der Waals surface area (Å²) in [6.45, 7) is 2.83. The van der Waals surface area contributed by atoms with Gasteiger partial charge in [-0.2, -0.15) is 0 Å². The van der Waals surface area contributed by atoms with E-state index in [-0.39, 0.29) is 42.4 Å². The smallest absolute Gasteiger partial charge is 0.227 e. The molecule has 3 heterocycles. The number of para-hydroxylation sites is 1.